The maximum Gasteiger partial charge on any atom is 0.336 e. The molecule has 3 aliphatic heterocycles. The third-order valence-electron chi connectivity index (χ3n) is 3.67. The topological polar surface area (TPSA) is 85.4 Å². The summed E-state index contributed by atoms with van der Waals surface area (Å²) in [4.78, 5) is 23.2. The van der Waals surface area contributed by atoms with Crippen LogP contribution >= 0.6 is 0 Å². The zero-order chi connectivity index (χ0) is 13.6. The molecular weight excluding hydrogens is 252 g/mol. The zero-order valence-corrected chi connectivity index (χ0v) is 10.6. The lowest BCUT2D eigenvalue weighted by Crippen LogP contribution is -2.32. The third-order valence-corrected chi connectivity index (χ3v) is 3.67. The lowest BCUT2D eigenvalue weighted by atomic mass is 9.93. The van der Waals surface area contributed by atoms with Crippen molar-refractivity contribution < 1.29 is 28.9 Å². The molecular formula is C13H16O6. The molecule has 6 nitrogen and oxygen atoms in total. The smallest absolute Gasteiger partial charge is 0.336 e. The standard InChI is InChI=1S/C13H16O6/c1-7-4-10-9(18-10)2-3-13(6-11(15)17-7)5-8(14)12(16)19-13/h2-3,7-10,14H,4-6H2,1H3/b3-2+/t7-,8-,9-,10+,13-/m1/s1. The fourth-order valence-electron chi connectivity index (χ4n) is 2.66. The van der Waals surface area contributed by atoms with Crippen molar-refractivity contribution in [3.8, 4) is 0 Å². The number of aliphatic hydroxyl groups is 1. The highest BCUT2D eigenvalue weighted by molar-refractivity contribution is 5.80. The molecule has 3 heterocycles. The number of cyclic esters (lactones) is 1. The van der Waals surface area contributed by atoms with Gasteiger partial charge >= 0.3 is 11.9 Å². The first-order valence-electron chi connectivity index (χ1n) is 6.43. The van der Waals surface area contributed by atoms with Gasteiger partial charge < -0.3 is 19.3 Å². The predicted molar refractivity (Wildman–Crippen MR) is 62.0 cm³/mol. The minimum atomic E-state index is -1.19. The number of aliphatic hydroxyl groups excluding tert-OH is 1. The van der Waals surface area contributed by atoms with Crippen LogP contribution in [-0.2, 0) is 23.8 Å². The molecule has 3 aliphatic rings. The van der Waals surface area contributed by atoms with Crippen LogP contribution in [0.2, 0.25) is 0 Å². The van der Waals surface area contributed by atoms with Gasteiger partial charge in [0.2, 0.25) is 0 Å². The van der Waals surface area contributed by atoms with Gasteiger partial charge in [0, 0.05) is 12.8 Å². The van der Waals surface area contributed by atoms with E-state index in [1.54, 1.807) is 12.2 Å². The number of hydrogen-bond acceptors (Lipinski definition) is 6. The summed E-state index contributed by atoms with van der Waals surface area (Å²) in [5, 5.41) is 9.53. The quantitative estimate of drug-likeness (QED) is 0.380. The van der Waals surface area contributed by atoms with Gasteiger partial charge in [-0.1, -0.05) is 6.08 Å². The molecule has 0 aromatic heterocycles. The number of fused-ring (bicyclic) bond motifs is 1. The maximum absolute atomic E-state index is 11.8. The molecule has 0 aliphatic carbocycles. The molecule has 0 aromatic carbocycles. The number of rotatable bonds is 0. The van der Waals surface area contributed by atoms with Gasteiger partial charge in [0.15, 0.2) is 6.10 Å². The van der Waals surface area contributed by atoms with Gasteiger partial charge in [0.1, 0.15) is 17.8 Å². The SMILES string of the molecule is C[C@@H]1C[C@@H]2O[C@@H]2/C=C/[C@]2(CC(=O)O1)C[C@@H](O)C(=O)O2. The zero-order valence-electron chi connectivity index (χ0n) is 10.6. The Kier molecular flexibility index (Phi) is 2.87. The summed E-state index contributed by atoms with van der Waals surface area (Å²) in [6.07, 6.45) is 2.74. The number of ether oxygens (including phenoxy) is 3. The summed E-state index contributed by atoms with van der Waals surface area (Å²) < 4.78 is 15.9. The second-order valence-corrected chi connectivity index (χ2v) is 5.42. The fraction of sp³-hybridized carbons (Fsp3) is 0.692. The van der Waals surface area contributed by atoms with E-state index in [1.807, 2.05) is 6.92 Å². The summed E-state index contributed by atoms with van der Waals surface area (Å²) >= 11 is 0. The molecule has 0 amide bonds. The monoisotopic (exact) mass is 268 g/mol. The first-order chi connectivity index (χ1) is 8.97. The van der Waals surface area contributed by atoms with Crippen LogP contribution in [0.5, 0.6) is 0 Å². The molecule has 3 rings (SSSR count). The van der Waals surface area contributed by atoms with E-state index in [1.165, 1.54) is 0 Å². The minimum Gasteiger partial charge on any atom is -0.462 e. The Labute approximate surface area is 110 Å². The normalized spacial score (nSPS) is 47.3. The van der Waals surface area contributed by atoms with Crippen molar-refractivity contribution in [3.05, 3.63) is 12.2 Å². The Morgan fingerprint density at radius 2 is 2.21 bits per heavy atom. The van der Waals surface area contributed by atoms with E-state index in [0.29, 0.717) is 6.42 Å². The Hall–Kier alpha value is -1.40. The summed E-state index contributed by atoms with van der Waals surface area (Å²) in [7, 11) is 0. The lowest BCUT2D eigenvalue weighted by Gasteiger charge is -2.24. The minimum absolute atomic E-state index is 0.0208. The maximum atomic E-state index is 11.8. The van der Waals surface area contributed by atoms with Crippen LogP contribution in [0.4, 0.5) is 0 Å². The summed E-state index contributed by atoms with van der Waals surface area (Å²) in [6, 6.07) is 0. The van der Waals surface area contributed by atoms with Crippen molar-refractivity contribution in [2.24, 2.45) is 0 Å². The molecule has 104 valence electrons. The molecule has 0 unspecified atom stereocenters. The molecule has 0 bridgehead atoms. The van der Waals surface area contributed by atoms with E-state index in [-0.39, 0.29) is 31.2 Å². The highest BCUT2D eigenvalue weighted by Crippen LogP contribution is 2.36. The molecule has 6 heteroatoms. The lowest BCUT2D eigenvalue weighted by molar-refractivity contribution is -0.158. The number of carbonyl (C=O) groups is 2. The molecule has 5 atom stereocenters. The molecule has 0 aromatic rings. The largest absolute Gasteiger partial charge is 0.462 e. The first kappa shape index (κ1) is 12.6. The molecule has 19 heavy (non-hydrogen) atoms. The Bertz CT molecular complexity index is 444. The van der Waals surface area contributed by atoms with Crippen molar-refractivity contribution in [1.82, 2.24) is 0 Å². The van der Waals surface area contributed by atoms with Gasteiger partial charge in [-0.3, -0.25) is 4.79 Å². The van der Waals surface area contributed by atoms with Gasteiger partial charge in [-0.05, 0) is 13.0 Å². The van der Waals surface area contributed by atoms with E-state index in [4.69, 9.17) is 14.2 Å². The van der Waals surface area contributed by atoms with Gasteiger partial charge in [-0.2, -0.15) is 0 Å². The molecule has 1 spiro atoms. The van der Waals surface area contributed by atoms with E-state index in [0.717, 1.165) is 0 Å². The van der Waals surface area contributed by atoms with E-state index >= 15 is 0 Å². The van der Waals surface area contributed by atoms with Crippen molar-refractivity contribution in [2.45, 2.75) is 56.2 Å². The van der Waals surface area contributed by atoms with Crippen molar-refractivity contribution in [1.29, 1.82) is 0 Å². The highest BCUT2D eigenvalue weighted by atomic mass is 16.6. The van der Waals surface area contributed by atoms with Crippen LogP contribution in [0, 0.1) is 0 Å². The van der Waals surface area contributed by atoms with Crippen molar-refractivity contribution in [3.63, 3.8) is 0 Å². The van der Waals surface area contributed by atoms with Crippen LogP contribution in [0.15, 0.2) is 12.2 Å². The van der Waals surface area contributed by atoms with Gasteiger partial charge in [0.25, 0.3) is 0 Å². The molecule has 0 saturated carbocycles. The van der Waals surface area contributed by atoms with E-state index < -0.39 is 23.6 Å². The van der Waals surface area contributed by atoms with E-state index in [9.17, 15) is 14.7 Å². The molecule has 2 fully saturated rings. The fourth-order valence-corrected chi connectivity index (χ4v) is 2.66. The first-order valence-corrected chi connectivity index (χ1v) is 6.43. The molecule has 1 N–H and O–H groups in total. The predicted octanol–water partition coefficient (Wildman–Crippen LogP) is 0.0821. The highest BCUT2D eigenvalue weighted by Gasteiger charge is 2.48. The van der Waals surface area contributed by atoms with Gasteiger partial charge in [-0.25, -0.2) is 4.79 Å². The molecule has 0 radical (unpaired) electrons. The van der Waals surface area contributed by atoms with Gasteiger partial charge in [-0.15, -0.1) is 0 Å². The number of carbonyl (C=O) groups excluding carboxylic acids is 2. The Morgan fingerprint density at radius 1 is 1.42 bits per heavy atom. The Balaban J connectivity index is 1.84. The van der Waals surface area contributed by atoms with Crippen LogP contribution in [0.25, 0.3) is 0 Å². The average Bonchev–Trinajstić information content (AvgIpc) is 2.96. The van der Waals surface area contributed by atoms with Crippen LogP contribution < -0.4 is 0 Å². The van der Waals surface area contributed by atoms with Crippen LogP contribution in [0.3, 0.4) is 0 Å². The summed E-state index contributed by atoms with van der Waals surface area (Å²) in [6.45, 7) is 1.81. The van der Waals surface area contributed by atoms with Crippen molar-refractivity contribution >= 4 is 11.9 Å². The average molecular weight is 268 g/mol. The van der Waals surface area contributed by atoms with Gasteiger partial charge in [0.05, 0.1) is 12.5 Å². The third kappa shape index (κ3) is 2.50. The number of esters is 2. The Morgan fingerprint density at radius 3 is 2.89 bits per heavy atom. The second kappa shape index (κ2) is 4.31. The van der Waals surface area contributed by atoms with Crippen molar-refractivity contribution in [2.75, 3.05) is 0 Å². The second-order valence-electron chi connectivity index (χ2n) is 5.42. The summed E-state index contributed by atoms with van der Waals surface area (Å²) in [5.41, 5.74) is -1.10. The van der Waals surface area contributed by atoms with Crippen LogP contribution in [0.1, 0.15) is 26.2 Å². The summed E-state index contributed by atoms with van der Waals surface area (Å²) in [5.74, 6) is -1.13. The number of epoxide rings is 1. The number of hydrogen-bond donors (Lipinski definition) is 1. The van der Waals surface area contributed by atoms with E-state index in [2.05, 4.69) is 0 Å². The molecule has 2 saturated heterocycles. The van der Waals surface area contributed by atoms with Crippen LogP contribution in [-0.4, -0.2) is 47.1 Å².